The minimum atomic E-state index is -1.20. The van der Waals surface area contributed by atoms with Crippen molar-refractivity contribution < 1.29 is 29.0 Å². The van der Waals surface area contributed by atoms with Crippen LogP contribution < -0.4 is 14.5 Å². The van der Waals surface area contributed by atoms with Gasteiger partial charge in [-0.15, -0.1) is 0 Å². The first-order chi connectivity index (χ1) is 21.6. The molecule has 9 heteroatoms. The van der Waals surface area contributed by atoms with Crippen molar-refractivity contribution in [1.29, 1.82) is 0 Å². The van der Waals surface area contributed by atoms with E-state index < -0.39 is 35.0 Å². The summed E-state index contributed by atoms with van der Waals surface area (Å²) in [4.78, 5) is 59.4. The number of ether oxygens (including phenoxy) is 1. The van der Waals surface area contributed by atoms with Gasteiger partial charge in [-0.05, 0) is 89.1 Å². The van der Waals surface area contributed by atoms with Gasteiger partial charge in [-0.2, -0.15) is 0 Å². The standard InChI is InChI=1S/C36H31BrN2O6/c1-4-19-10-12-22(13-11-19)38-32(41)24-15-14-23-25(29(24)34(38)43)18-26-33(42)39(21-8-6-5-7-9-21)35(44)36(26,2)30(23)20-16-27(37)31(40)28(17-20)45-3/h4-14,16-17,24-26,29-30,40H,1,15,18H2,2-3H3. The molecule has 8 nitrogen and oxygen atoms in total. The van der Waals surface area contributed by atoms with Crippen molar-refractivity contribution >= 4 is 57.0 Å². The Balaban J connectivity index is 1.38. The van der Waals surface area contributed by atoms with E-state index in [4.69, 9.17) is 4.74 Å². The minimum absolute atomic E-state index is 0.0811. The van der Waals surface area contributed by atoms with Gasteiger partial charge in [-0.25, -0.2) is 4.90 Å². The number of aromatic hydroxyl groups is 1. The second-order valence-electron chi connectivity index (χ2n) is 12.4. The summed E-state index contributed by atoms with van der Waals surface area (Å²) in [5.74, 6) is -4.15. The molecule has 45 heavy (non-hydrogen) atoms. The molecule has 1 N–H and O–H groups in total. The number of hydrogen-bond acceptors (Lipinski definition) is 6. The van der Waals surface area contributed by atoms with Crippen LogP contribution in [-0.4, -0.2) is 35.8 Å². The number of hydrogen-bond donors (Lipinski definition) is 1. The summed E-state index contributed by atoms with van der Waals surface area (Å²) in [5.41, 5.74) is 2.19. The van der Waals surface area contributed by atoms with Gasteiger partial charge in [0.15, 0.2) is 11.5 Å². The molecular formula is C36H31BrN2O6. The fourth-order valence-electron chi connectivity index (χ4n) is 8.15. The SMILES string of the molecule is C=Cc1ccc(N2C(=O)C3CC=C4C(CC5C(=O)N(c6ccccc6)C(=O)C5(C)C4c4cc(Br)c(O)c(OC)c4)C3C2=O)cc1. The van der Waals surface area contributed by atoms with E-state index in [9.17, 15) is 24.3 Å². The highest BCUT2D eigenvalue weighted by atomic mass is 79.9. The van der Waals surface area contributed by atoms with Gasteiger partial charge in [0.05, 0.1) is 46.1 Å². The number of carbonyl (C=O) groups excluding carboxylic acids is 4. The van der Waals surface area contributed by atoms with E-state index in [0.29, 0.717) is 27.8 Å². The second kappa shape index (κ2) is 10.5. The number of phenols is 1. The molecule has 0 aromatic heterocycles. The number of phenolic OH excluding ortho intramolecular Hbond substituents is 1. The molecular weight excluding hydrogens is 636 g/mol. The monoisotopic (exact) mass is 666 g/mol. The van der Waals surface area contributed by atoms with Gasteiger partial charge in [0.2, 0.25) is 23.6 Å². The Kier molecular flexibility index (Phi) is 6.85. The van der Waals surface area contributed by atoms with Crippen molar-refractivity contribution in [2.24, 2.45) is 29.1 Å². The van der Waals surface area contributed by atoms with Crippen molar-refractivity contribution in [2.45, 2.75) is 25.7 Å². The molecule has 4 amide bonds. The Hall–Kier alpha value is -4.50. The van der Waals surface area contributed by atoms with Gasteiger partial charge in [-0.1, -0.05) is 54.6 Å². The molecule has 228 valence electrons. The van der Waals surface area contributed by atoms with Crippen molar-refractivity contribution in [3.8, 4) is 11.5 Å². The lowest BCUT2D eigenvalue weighted by atomic mass is 9.51. The largest absolute Gasteiger partial charge is 0.503 e. The van der Waals surface area contributed by atoms with E-state index >= 15 is 0 Å². The van der Waals surface area contributed by atoms with Crippen LogP contribution in [0.25, 0.3) is 6.08 Å². The normalized spacial score (nSPS) is 28.9. The topological polar surface area (TPSA) is 104 Å². The lowest BCUT2D eigenvalue weighted by Crippen LogP contribution is -2.48. The lowest BCUT2D eigenvalue weighted by molar-refractivity contribution is -0.131. The van der Waals surface area contributed by atoms with Gasteiger partial charge in [0.25, 0.3) is 0 Å². The van der Waals surface area contributed by atoms with Crippen LogP contribution in [-0.2, 0) is 19.2 Å². The third kappa shape index (κ3) is 4.09. The highest BCUT2D eigenvalue weighted by Crippen LogP contribution is 2.64. The molecule has 2 aliphatic heterocycles. The molecule has 3 aromatic carbocycles. The molecule has 2 aliphatic carbocycles. The number of anilines is 2. The summed E-state index contributed by atoms with van der Waals surface area (Å²) in [6.07, 6.45) is 4.29. The average molecular weight is 668 g/mol. The molecule has 0 radical (unpaired) electrons. The maximum absolute atomic E-state index is 14.5. The molecule has 0 bridgehead atoms. The maximum Gasteiger partial charge on any atom is 0.241 e. The van der Waals surface area contributed by atoms with Gasteiger partial charge >= 0.3 is 0 Å². The number of amides is 4. The zero-order chi connectivity index (χ0) is 31.8. The van der Waals surface area contributed by atoms with Crippen LogP contribution in [0.3, 0.4) is 0 Å². The molecule has 3 fully saturated rings. The third-order valence-corrected chi connectivity index (χ3v) is 10.9. The van der Waals surface area contributed by atoms with Crippen LogP contribution in [0.2, 0.25) is 0 Å². The number of carbonyl (C=O) groups is 4. The lowest BCUT2D eigenvalue weighted by Gasteiger charge is -2.49. The first-order valence-corrected chi connectivity index (χ1v) is 15.7. The number of halogens is 1. The van der Waals surface area contributed by atoms with E-state index in [1.165, 1.54) is 16.9 Å². The highest BCUT2D eigenvalue weighted by Gasteiger charge is 2.67. The number of allylic oxidation sites excluding steroid dienone is 2. The zero-order valence-corrected chi connectivity index (χ0v) is 26.4. The molecule has 7 rings (SSSR count). The summed E-state index contributed by atoms with van der Waals surface area (Å²) >= 11 is 3.44. The number of imide groups is 2. The van der Waals surface area contributed by atoms with E-state index in [1.807, 2.05) is 31.2 Å². The predicted molar refractivity (Wildman–Crippen MR) is 172 cm³/mol. The fourth-order valence-corrected chi connectivity index (χ4v) is 8.61. The molecule has 3 aromatic rings. The second-order valence-corrected chi connectivity index (χ2v) is 13.2. The van der Waals surface area contributed by atoms with Crippen LogP contribution >= 0.6 is 15.9 Å². The average Bonchev–Trinajstić information content (AvgIpc) is 3.42. The van der Waals surface area contributed by atoms with Gasteiger partial charge in [0, 0.05) is 5.92 Å². The van der Waals surface area contributed by atoms with E-state index in [-0.39, 0.29) is 41.5 Å². The molecule has 0 spiro atoms. The van der Waals surface area contributed by atoms with Crippen LogP contribution in [0.5, 0.6) is 11.5 Å². The smallest absolute Gasteiger partial charge is 0.241 e. The molecule has 6 atom stereocenters. The van der Waals surface area contributed by atoms with Crippen molar-refractivity contribution in [2.75, 3.05) is 16.9 Å². The Morgan fingerprint density at radius 3 is 2.29 bits per heavy atom. The van der Waals surface area contributed by atoms with Crippen molar-refractivity contribution in [3.63, 3.8) is 0 Å². The quantitative estimate of drug-likeness (QED) is 0.255. The molecule has 1 saturated carbocycles. The Morgan fingerprint density at radius 1 is 0.933 bits per heavy atom. The number of nitrogens with zero attached hydrogens (tertiary/aromatic N) is 2. The van der Waals surface area contributed by atoms with E-state index in [0.717, 1.165) is 11.1 Å². The van der Waals surface area contributed by atoms with Crippen LogP contribution in [0.15, 0.2) is 89.4 Å². The van der Waals surface area contributed by atoms with Crippen LogP contribution in [0.4, 0.5) is 11.4 Å². The summed E-state index contributed by atoms with van der Waals surface area (Å²) in [6, 6.07) is 19.4. The summed E-state index contributed by atoms with van der Waals surface area (Å²) in [5, 5.41) is 10.6. The van der Waals surface area contributed by atoms with Gasteiger partial charge in [-0.3, -0.25) is 24.1 Å². The van der Waals surface area contributed by atoms with Gasteiger partial charge < -0.3 is 9.84 Å². The molecule has 4 aliphatic rings. The van der Waals surface area contributed by atoms with E-state index in [2.05, 4.69) is 22.5 Å². The number of methoxy groups -OCH3 is 1. The van der Waals surface area contributed by atoms with Crippen LogP contribution in [0.1, 0.15) is 36.8 Å². The zero-order valence-electron chi connectivity index (χ0n) is 24.8. The number of fused-ring (bicyclic) bond motifs is 4. The predicted octanol–water partition coefficient (Wildman–Crippen LogP) is 6.24. The van der Waals surface area contributed by atoms with Crippen LogP contribution in [0, 0.1) is 29.1 Å². The fraction of sp³-hybridized carbons (Fsp3) is 0.278. The van der Waals surface area contributed by atoms with E-state index in [1.54, 1.807) is 54.6 Å². The Morgan fingerprint density at radius 2 is 1.62 bits per heavy atom. The molecule has 2 heterocycles. The van der Waals surface area contributed by atoms with Crippen molar-refractivity contribution in [1.82, 2.24) is 0 Å². The first kappa shape index (κ1) is 29.2. The first-order valence-electron chi connectivity index (χ1n) is 14.9. The highest BCUT2D eigenvalue weighted by molar-refractivity contribution is 9.10. The Labute approximate surface area is 269 Å². The summed E-state index contributed by atoms with van der Waals surface area (Å²) < 4.78 is 5.86. The number of benzene rings is 3. The molecule has 2 saturated heterocycles. The third-order valence-electron chi connectivity index (χ3n) is 10.3. The maximum atomic E-state index is 14.5. The van der Waals surface area contributed by atoms with Crippen molar-refractivity contribution in [3.05, 3.63) is 101 Å². The molecule has 6 unspecified atom stereocenters. The number of rotatable bonds is 5. The Bertz CT molecular complexity index is 1820. The summed E-state index contributed by atoms with van der Waals surface area (Å²) in [6.45, 7) is 5.61. The minimum Gasteiger partial charge on any atom is -0.503 e. The van der Waals surface area contributed by atoms with Gasteiger partial charge in [0.1, 0.15) is 0 Å². The number of para-hydroxylation sites is 1. The summed E-state index contributed by atoms with van der Waals surface area (Å²) in [7, 11) is 1.45.